The number of carbonyl (C=O) groups is 1. The van der Waals surface area contributed by atoms with Crippen LogP contribution < -0.4 is 11.5 Å². The summed E-state index contributed by atoms with van der Waals surface area (Å²) in [5.41, 5.74) is 10.4. The van der Waals surface area contributed by atoms with E-state index in [1.807, 2.05) is 0 Å². The van der Waals surface area contributed by atoms with E-state index in [0.29, 0.717) is 12.3 Å². The molecule has 10 heavy (non-hydrogen) atoms. The van der Waals surface area contributed by atoms with Crippen molar-refractivity contribution in [1.29, 1.82) is 0 Å². The molecule has 0 saturated carbocycles. The Morgan fingerprint density at radius 2 is 2.40 bits per heavy atom. The third-order valence-corrected chi connectivity index (χ3v) is 1.90. The molecule has 2 unspecified atom stereocenters. The predicted molar refractivity (Wildman–Crippen MR) is 42.0 cm³/mol. The Labute approximate surface area is 64.1 Å². The Balaban J connectivity index is 2.65. The van der Waals surface area contributed by atoms with Crippen LogP contribution in [0.3, 0.4) is 0 Å². The summed E-state index contributed by atoms with van der Waals surface area (Å²) < 4.78 is 0. The number of amides is 1. The van der Waals surface area contributed by atoms with Crippen molar-refractivity contribution in [1.82, 2.24) is 0 Å². The predicted octanol–water partition coefficient (Wildman–Crippen LogP) is -1.10. The molecule has 0 aromatic heterocycles. The molecule has 0 aliphatic carbocycles. The van der Waals surface area contributed by atoms with Gasteiger partial charge in [-0.05, 0) is 6.42 Å². The molecule has 0 spiro atoms. The van der Waals surface area contributed by atoms with Gasteiger partial charge in [0.25, 0.3) is 0 Å². The van der Waals surface area contributed by atoms with Gasteiger partial charge in [0, 0.05) is 0 Å². The zero-order valence-electron chi connectivity index (χ0n) is 5.32. The van der Waals surface area contributed by atoms with Crippen LogP contribution in [0.5, 0.6) is 0 Å². The number of hydrogen-bond acceptors (Lipinski definition) is 4. The summed E-state index contributed by atoms with van der Waals surface area (Å²) in [6.45, 7) is 0. The summed E-state index contributed by atoms with van der Waals surface area (Å²) in [7, 11) is 0. The van der Waals surface area contributed by atoms with Gasteiger partial charge in [-0.25, -0.2) is 0 Å². The monoisotopic (exact) mass is 159 g/mol. The van der Waals surface area contributed by atoms with Crippen molar-refractivity contribution in [3.63, 3.8) is 0 Å². The molecular weight excluding hydrogens is 150 g/mol. The summed E-state index contributed by atoms with van der Waals surface area (Å²) in [5.74, 6) is -0.0216. The lowest BCUT2D eigenvalue weighted by molar-refractivity contribution is -0.119. The van der Waals surface area contributed by atoms with Crippen molar-refractivity contribution in [3.8, 4) is 0 Å². The molecule has 0 fully saturated rings. The first-order chi connectivity index (χ1) is 4.61. The maximum Gasteiger partial charge on any atom is 0.242 e. The minimum absolute atomic E-state index is 0.0995. The highest BCUT2D eigenvalue weighted by Gasteiger charge is 2.26. The van der Waals surface area contributed by atoms with Gasteiger partial charge >= 0.3 is 0 Å². The fourth-order valence-corrected chi connectivity index (χ4v) is 1.10. The molecule has 0 aromatic carbocycles. The minimum Gasteiger partial charge on any atom is -0.387 e. The molecule has 5 heteroatoms. The van der Waals surface area contributed by atoms with Gasteiger partial charge in [-0.2, -0.15) is 12.6 Å². The Hall–Kier alpha value is -0.710. The van der Waals surface area contributed by atoms with E-state index in [1.165, 1.54) is 0 Å². The van der Waals surface area contributed by atoms with E-state index in [2.05, 4.69) is 17.6 Å². The Bertz CT molecular complexity index is 191. The van der Waals surface area contributed by atoms with Crippen LogP contribution in [0.2, 0.25) is 0 Å². The van der Waals surface area contributed by atoms with Crippen LogP contribution in [0.25, 0.3) is 0 Å². The molecule has 0 bridgehead atoms. The van der Waals surface area contributed by atoms with Gasteiger partial charge in [-0.1, -0.05) is 0 Å². The molecule has 4 nitrogen and oxygen atoms in total. The van der Waals surface area contributed by atoms with Gasteiger partial charge < -0.3 is 11.5 Å². The van der Waals surface area contributed by atoms with E-state index >= 15 is 0 Å². The lowest BCUT2D eigenvalue weighted by atomic mass is 10.2. The van der Waals surface area contributed by atoms with Gasteiger partial charge in [0.2, 0.25) is 5.91 Å². The summed E-state index contributed by atoms with van der Waals surface area (Å²) in [5, 5.41) is -0.0995. The van der Waals surface area contributed by atoms with E-state index in [0.717, 1.165) is 0 Å². The number of hydrogen-bond donors (Lipinski definition) is 3. The summed E-state index contributed by atoms with van der Waals surface area (Å²) in [6.07, 6.45) is 0.532. The maximum absolute atomic E-state index is 10.5. The number of rotatable bonds is 1. The van der Waals surface area contributed by atoms with Gasteiger partial charge in [-0.15, -0.1) is 0 Å². The van der Waals surface area contributed by atoms with Crippen LogP contribution in [-0.2, 0) is 4.79 Å². The summed E-state index contributed by atoms with van der Waals surface area (Å²) in [4.78, 5) is 14.3. The topological polar surface area (TPSA) is 81.5 Å². The fourth-order valence-electron chi connectivity index (χ4n) is 0.831. The molecule has 1 aliphatic rings. The number of nitrogens with two attached hydrogens (primary N) is 2. The summed E-state index contributed by atoms with van der Waals surface area (Å²) >= 11 is 4.08. The second-order valence-electron chi connectivity index (χ2n) is 2.22. The number of primary amides is 1. The van der Waals surface area contributed by atoms with E-state index < -0.39 is 11.9 Å². The average molecular weight is 159 g/mol. The Morgan fingerprint density at radius 3 is 2.60 bits per heavy atom. The standard InChI is InChI=1S/C5H9N3OS/c6-4-3(10)1-2(8-4)5(7)9/h2-3,10H,1H2,(H2,6,8)(H2,7,9). The number of aliphatic imine (C=N–C) groups is 1. The number of carbonyl (C=O) groups excluding carboxylic acids is 1. The van der Waals surface area contributed by atoms with E-state index in [-0.39, 0.29) is 5.25 Å². The highest BCUT2D eigenvalue weighted by atomic mass is 32.1. The maximum atomic E-state index is 10.5. The molecule has 0 aromatic rings. The lowest BCUT2D eigenvalue weighted by Gasteiger charge is -1.99. The molecule has 4 N–H and O–H groups in total. The van der Waals surface area contributed by atoms with Gasteiger partial charge in [-0.3, -0.25) is 9.79 Å². The molecule has 2 atom stereocenters. The molecule has 1 rings (SSSR count). The van der Waals surface area contributed by atoms with Crippen molar-refractivity contribution >= 4 is 24.4 Å². The fraction of sp³-hybridized carbons (Fsp3) is 0.600. The van der Waals surface area contributed by atoms with Crippen LogP contribution >= 0.6 is 12.6 Å². The third-order valence-electron chi connectivity index (χ3n) is 1.42. The van der Waals surface area contributed by atoms with Gasteiger partial charge in [0.05, 0.1) is 5.25 Å². The zero-order valence-corrected chi connectivity index (χ0v) is 6.21. The number of thiol groups is 1. The minimum atomic E-state index is -0.456. The number of nitrogens with zero attached hydrogens (tertiary/aromatic N) is 1. The molecule has 1 heterocycles. The van der Waals surface area contributed by atoms with Crippen LogP contribution in [0.15, 0.2) is 4.99 Å². The van der Waals surface area contributed by atoms with Crippen molar-refractivity contribution in [2.75, 3.05) is 0 Å². The van der Waals surface area contributed by atoms with Crippen molar-refractivity contribution in [3.05, 3.63) is 0 Å². The van der Waals surface area contributed by atoms with Crippen molar-refractivity contribution < 1.29 is 4.79 Å². The van der Waals surface area contributed by atoms with Crippen LogP contribution in [0.4, 0.5) is 0 Å². The molecule has 0 radical (unpaired) electrons. The largest absolute Gasteiger partial charge is 0.387 e. The van der Waals surface area contributed by atoms with Crippen LogP contribution in [0, 0.1) is 0 Å². The molecule has 1 amide bonds. The summed E-state index contributed by atoms with van der Waals surface area (Å²) in [6, 6.07) is -0.456. The molecule has 0 saturated heterocycles. The van der Waals surface area contributed by atoms with E-state index in [1.54, 1.807) is 0 Å². The quantitative estimate of drug-likeness (QED) is 0.424. The second kappa shape index (κ2) is 2.49. The van der Waals surface area contributed by atoms with Crippen LogP contribution in [0.1, 0.15) is 6.42 Å². The molecular formula is C5H9N3OS. The van der Waals surface area contributed by atoms with Crippen LogP contribution in [-0.4, -0.2) is 23.0 Å². The SMILES string of the molecule is NC(=O)C1CC(S)C(N)=N1. The Morgan fingerprint density at radius 1 is 1.80 bits per heavy atom. The smallest absolute Gasteiger partial charge is 0.242 e. The molecule has 56 valence electrons. The normalized spacial score (nSPS) is 31.9. The van der Waals surface area contributed by atoms with Gasteiger partial charge in [0.1, 0.15) is 11.9 Å². The third kappa shape index (κ3) is 1.23. The van der Waals surface area contributed by atoms with Crippen molar-refractivity contribution in [2.45, 2.75) is 17.7 Å². The molecule has 1 aliphatic heterocycles. The highest BCUT2D eigenvalue weighted by molar-refractivity contribution is 7.81. The first kappa shape index (κ1) is 7.40. The second-order valence-corrected chi connectivity index (χ2v) is 2.85. The lowest BCUT2D eigenvalue weighted by Crippen LogP contribution is -2.25. The first-order valence-electron chi connectivity index (χ1n) is 2.92. The average Bonchev–Trinajstić information content (AvgIpc) is 2.13. The van der Waals surface area contributed by atoms with Crippen molar-refractivity contribution in [2.24, 2.45) is 16.5 Å². The van der Waals surface area contributed by atoms with Gasteiger partial charge in [0.15, 0.2) is 0 Å². The highest BCUT2D eigenvalue weighted by Crippen LogP contribution is 2.15. The zero-order chi connectivity index (χ0) is 7.72. The van der Waals surface area contributed by atoms with E-state index in [4.69, 9.17) is 11.5 Å². The Kier molecular flexibility index (Phi) is 1.85. The first-order valence-corrected chi connectivity index (χ1v) is 3.43. The van der Waals surface area contributed by atoms with E-state index in [9.17, 15) is 4.79 Å². The number of amidine groups is 1.